The van der Waals surface area contributed by atoms with Crippen LogP contribution >= 0.6 is 34.8 Å². The first-order valence-electron chi connectivity index (χ1n) is 3.80. The summed E-state index contributed by atoms with van der Waals surface area (Å²) in [6, 6.07) is 3.10. The van der Waals surface area contributed by atoms with Crippen molar-refractivity contribution in [2.75, 3.05) is 14.1 Å². The molecule has 0 aliphatic heterocycles. The van der Waals surface area contributed by atoms with Gasteiger partial charge in [-0.25, -0.2) is 0 Å². The Morgan fingerprint density at radius 2 is 1.71 bits per heavy atom. The van der Waals surface area contributed by atoms with Crippen LogP contribution in [0.3, 0.4) is 0 Å². The lowest BCUT2D eigenvalue weighted by Gasteiger charge is -2.12. The van der Waals surface area contributed by atoms with E-state index in [2.05, 4.69) is 0 Å². The minimum atomic E-state index is -0.200. The number of amides is 1. The lowest BCUT2D eigenvalue weighted by molar-refractivity contribution is 0.0828. The molecule has 0 heterocycles. The topological polar surface area (TPSA) is 20.3 Å². The highest BCUT2D eigenvalue weighted by atomic mass is 35.5. The van der Waals surface area contributed by atoms with Crippen molar-refractivity contribution in [1.29, 1.82) is 0 Å². The first-order chi connectivity index (χ1) is 6.45. The summed E-state index contributed by atoms with van der Waals surface area (Å²) in [5, 5.41) is 0.742. The monoisotopic (exact) mass is 251 g/mol. The molecule has 0 spiro atoms. The van der Waals surface area contributed by atoms with Gasteiger partial charge in [0, 0.05) is 14.1 Å². The van der Waals surface area contributed by atoms with Crippen LogP contribution in [0, 0.1) is 0 Å². The first kappa shape index (κ1) is 11.6. The van der Waals surface area contributed by atoms with Crippen molar-refractivity contribution in [3.8, 4) is 0 Å². The van der Waals surface area contributed by atoms with Crippen molar-refractivity contribution in [3.63, 3.8) is 0 Å². The molecule has 76 valence electrons. The van der Waals surface area contributed by atoms with Gasteiger partial charge >= 0.3 is 0 Å². The van der Waals surface area contributed by atoms with E-state index in [-0.39, 0.29) is 16.0 Å². The Morgan fingerprint density at radius 1 is 1.14 bits per heavy atom. The van der Waals surface area contributed by atoms with Gasteiger partial charge in [-0.2, -0.15) is 0 Å². The Balaban J connectivity index is 3.24. The zero-order chi connectivity index (χ0) is 10.9. The van der Waals surface area contributed by atoms with Gasteiger partial charge in [-0.1, -0.05) is 34.8 Å². The molecule has 0 N–H and O–H groups in total. The molecule has 1 amide bonds. The van der Waals surface area contributed by atoms with E-state index in [9.17, 15) is 4.79 Å². The second-order valence-electron chi connectivity index (χ2n) is 2.92. The smallest absolute Gasteiger partial charge is 0.254 e. The summed E-state index contributed by atoms with van der Waals surface area (Å²) in [4.78, 5) is 13.0. The number of hydrogen-bond acceptors (Lipinski definition) is 1. The highest BCUT2D eigenvalue weighted by molar-refractivity contribution is 6.49. The molecule has 14 heavy (non-hydrogen) atoms. The predicted molar refractivity (Wildman–Crippen MR) is 59.5 cm³/mol. The van der Waals surface area contributed by atoms with E-state index in [4.69, 9.17) is 34.8 Å². The third-order valence-electron chi connectivity index (χ3n) is 1.67. The summed E-state index contributed by atoms with van der Waals surface area (Å²) < 4.78 is 0. The maximum absolute atomic E-state index is 11.6. The number of hydrogen-bond donors (Lipinski definition) is 0. The molecule has 0 bridgehead atoms. The second kappa shape index (κ2) is 4.39. The van der Waals surface area contributed by atoms with Gasteiger partial charge in [0.15, 0.2) is 0 Å². The minimum Gasteiger partial charge on any atom is -0.345 e. The Hall–Kier alpha value is -0.440. The molecular weight excluding hydrogens is 244 g/mol. The number of carbonyl (C=O) groups excluding carboxylic acids is 1. The maximum Gasteiger partial charge on any atom is 0.254 e. The van der Waals surface area contributed by atoms with E-state index in [1.54, 1.807) is 26.2 Å². The molecule has 0 radical (unpaired) electrons. The summed E-state index contributed by atoms with van der Waals surface area (Å²) in [5.74, 6) is -0.200. The molecule has 0 saturated heterocycles. The van der Waals surface area contributed by atoms with E-state index < -0.39 is 0 Å². The molecular formula is C9H8Cl3NO. The largest absolute Gasteiger partial charge is 0.345 e. The van der Waals surface area contributed by atoms with Crippen molar-refractivity contribution >= 4 is 40.7 Å². The van der Waals surface area contributed by atoms with Crippen LogP contribution in [0.15, 0.2) is 12.1 Å². The second-order valence-corrected chi connectivity index (χ2v) is 4.09. The molecule has 0 saturated carbocycles. The van der Waals surface area contributed by atoms with E-state index in [0.29, 0.717) is 10.6 Å². The number of rotatable bonds is 1. The average Bonchev–Trinajstić information content (AvgIpc) is 2.13. The molecule has 0 atom stereocenters. The van der Waals surface area contributed by atoms with Gasteiger partial charge in [-0.3, -0.25) is 4.79 Å². The van der Waals surface area contributed by atoms with Gasteiger partial charge in [0.2, 0.25) is 0 Å². The van der Waals surface area contributed by atoms with Crippen LogP contribution in [0.2, 0.25) is 15.1 Å². The lowest BCUT2D eigenvalue weighted by Crippen LogP contribution is -2.22. The van der Waals surface area contributed by atoms with Crippen LogP contribution in [0.25, 0.3) is 0 Å². The standard InChI is InChI=1S/C9H8Cl3NO/c1-13(2)9(14)5-3-4-6(10)8(12)7(5)11/h3-4H,1-2H3. The number of benzene rings is 1. The van der Waals surface area contributed by atoms with Crippen LogP contribution in [0.1, 0.15) is 10.4 Å². The van der Waals surface area contributed by atoms with Crippen LogP contribution in [0.4, 0.5) is 0 Å². The molecule has 1 aromatic carbocycles. The SMILES string of the molecule is CN(C)C(=O)c1ccc(Cl)c(Cl)c1Cl. The molecule has 2 nitrogen and oxygen atoms in total. The average molecular weight is 253 g/mol. The highest BCUT2D eigenvalue weighted by Crippen LogP contribution is 2.32. The predicted octanol–water partition coefficient (Wildman–Crippen LogP) is 3.35. The zero-order valence-electron chi connectivity index (χ0n) is 7.64. The molecule has 1 aromatic rings. The van der Waals surface area contributed by atoms with Gasteiger partial charge in [-0.15, -0.1) is 0 Å². The Bertz CT molecular complexity index is 377. The third-order valence-corrected chi connectivity index (χ3v) is 2.97. The quantitative estimate of drug-likeness (QED) is 0.702. The number of nitrogens with zero attached hydrogens (tertiary/aromatic N) is 1. The maximum atomic E-state index is 11.6. The molecule has 5 heteroatoms. The Labute approximate surface area is 97.4 Å². The van der Waals surface area contributed by atoms with Crippen molar-refractivity contribution in [1.82, 2.24) is 4.90 Å². The van der Waals surface area contributed by atoms with Gasteiger partial charge < -0.3 is 4.90 Å². The highest BCUT2D eigenvalue weighted by Gasteiger charge is 2.16. The van der Waals surface area contributed by atoms with Crippen LogP contribution in [0.5, 0.6) is 0 Å². The summed E-state index contributed by atoms with van der Waals surface area (Å²) in [6.07, 6.45) is 0. The molecule has 0 aromatic heterocycles. The summed E-state index contributed by atoms with van der Waals surface area (Å²) >= 11 is 17.4. The normalized spacial score (nSPS) is 10.1. The number of halogens is 3. The third kappa shape index (κ3) is 2.14. The zero-order valence-corrected chi connectivity index (χ0v) is 9.91. The molecule has 0 aliphatic rings. The van der Waals surface area contributed by atoms with Crippen molar-refractivity contribution in [3.05, 3.63) is 32.8 Å². The van der Waals surface area contributed by atoms with Crippen molar-refractivity contribution in [2.24, 2.45) is 0 Å². The minimum absolute atomic E-state index is 0.192. The van der Waals surface area contributed by atoms with Crippen molar-refractivity contribution < 1.29 is 4.79 Å². The van der Waals surface area contributed by atoms with Crippen molar-refractivity contribution in [2.45, 2.75) is 0 Å². The van der Waals surface area contributed by atoms with Gasteiger partial charge in [0.25, 0.3) is 5.91 Å². The van der Waals surface area contributed by atoms with E-state index in [0.717, 1.165) is 0 Å². The first-order valence-corrected chi connectivity index (χ1v) is 4.93. The summed E-state index contributed by atoms with van der Waals surface area (Å²) in [5.41, 5.74) is 0.353. The fourth-order valence-electron chi connectivity index (χ4n) is 0.932. The van der Waals surface area contributed by atoms with E-state index >= 15 is 0 Å². The number of carbonyl (C=O) groups is 1. The fraction of sp³-hybridized carbons (Fsp3) is 0.222. The van der Waals surface area contributed by atoms with Gasteiger partial charge in [-0.05, 0) is 12.1 Å². The van der Waals surface area contributed by atoms with Gasteiger partial charge in [0.05, 0.1) is 20.6 Å². The van der Waals surface area contributed by atoms with E-state index in [1.807, 2.05) is 0 Å². The summed E-state index contributed by atoms with van der Waals surface area (Å²) in [6.45, 7) is 0. The van der Waals surface area contributed by atoms with E-state index in [1.165, 1.54) is 4.90 Å². The van der Waals surface area contributed by atoms with Gasteiger partial charge in [0.1, 0.15) is 0 Å². The lowest BCUT2D eigenvalue weighted by atomic mass is 10.2. The van der Waals surface area contributed by atoms with Crippen LogP contribution in [-0.4, -0.2) is 24.9 Å². The van der Waals surface area contributed by atoms with Crippen LogP contribution in [-0.2, 0) is 0 Å². The molecule has 0 fully saturated rings. The molecule has 1 rings (SSSR count). The fourth-order valence-corrected chi connectivity index (χ4v) is 1.55. The summed E-state index contributed by atoms with van der Waals surface area (Å²) in [7, 11) is 3.28. The van der Waals surface area contributed by atoms with Crippen LogP contribution < -0.4 is 0 Å². The molecule has 0 unspecified atom stereocenters. The molecule has 0 aliphatic carbocycles. The Morgan fingerprint density at radius 3 is 2.21 bits per heavy atom. The Kier molecular flexibility index (Phi) is 3.65.